The van der Waals surface area contributed by atoms with E-state index in [9.17, 15) is 9.59 Å². The van der Waals surface area contributed by atoms with Crippen LogP contribution < -0.4 is 10.2 Å². The molecule has 0 fully saturated rings. The molecule has 0 aliphatic rings. The predicted molar refractivity (Wildman–Crippen MR) is 96.2 cm³/mol. The van der Waals surface area contributed by atoms with Gasteiger partial charge in [0.05, 0.1) is 12.7 Å². The Bertz CT molecular complexity index is 749. The SMILES string of the molecule is C=CC(=O)N(Cc1cn(C(C)C)nn1)c1ccc(C(=O)NCC)cc1. The fraction of sp³-hybridized carbons (Fsp3) is 0.333. The molecule has 1 N–H and O–H groups in total. The largest absolute Gasteiger partial charge is 0.352 e. The van der Waals surface area contributed by atoms with Crippen molar-refractivity contribution < 1.29 is 9.59 Å². The molecule has 1 heterocycles. The van der Waals surface area contributed by atoms with Gasteiger partial charge in [0.2, 0.25) is 0 Å². The van der Waals surface area contributed by atoms with Gasteiger partial charge in [-0.3, -0.25) is 9.59 Å². The van der Waals surface area contributed by atoms with Crippen LogP contribution in [0.3, 0.4) is 0 Å². The highest BCUT2D eigenvalue weighted by Crippen LogP contribution is 2.19. The van der Waals surface area contributed by atoms with E-state index in [0.717, 1.165) is 0 Å². The van der Waals surface area contributed by atoms with Crippen LogP contribution in [0, 0.1) is 0 Å². The van der Waals surface area contributed by atoms with Gasteiger partial charge in [0.15, 0.2) is 0 Å². The third-order valence-corrected chi connectivity index (χ3v) is 3.63. The summed E-state index contributed by atoms with van der Waals surface area (Å²) in [5, 5.41) is 10.9. The van der Waals surface area contributed by atoms with E-state index >= 15 is 0 Å². The van der Waals surface area contributed by atoms with Crippen molar-refractivity contribution in [1.29, 1.82) is 0 Å². The van der Waals surface area contributed by atoms with E-state index in [4.69, 9.17) is 0 Å². The van der Waals surface area contributed by atoms with Gasteiger partial charge >= 0.3 is 0 Å². The maximum absolute atomic E-state index is 12.3. The summed E-state index contributed by atoms with van der Waals surface area (Å²) < 4.78 is 1.74. The minimum Gasteiger partial charge on any atom is -0.352 e. The van der Waals surface area contributed by atoms with Gasteiger partial charge in [-0.05, 0) is 51.1 Å². The summed E-state index contributed by atoms with van der Waals surface area (Å²) in [6, 6.07) is 7.04. The number of nitrogens with zero attached hydrogens (tertiary/aromatic N) is 4. The van der Waals surface area contributed by atoms with Gasteiger partial charge in [-0.2, -0.15) is 0 Å². The van der Waals surface area contributed by atoms with Crippen LogP contribution in [0.25, 0.3) is 0 Å². The predicted octanol–water partition coefficient (Wildman–Crippen LogP) is 2.33. The Morgan fingerprint density at radius 2 is 2.00 bits per heavy atom. The van der Waals surface area contributed by atoms with Gasteiger partial charge in [0, 0.05) is 23.8 Å². The second-order valence-corrected chi connectivity index (χ2v) is 5.82. The average Bonchev–Trinajstić information content (AvgIpc) is 3.08. The standard InChI is InChI=1S/C18H23N5O2/c1-5-17(24)22(11-15-12-23(13(3)4)21-20-15)16-9-7-14(8-10-16)18(25)19-6-2/h5,7-10,12-13H,1,6,11H2,2-4H3,(H,19,25). The summed E-state index contributed by atoms with van der Waals surface area (Å²) in [7, 11) is 0. The van der Waals surface area contributed by atoms with Crippen molar-refractivity contribution in [2.45, 2.75) is 33.4 Å². The van der Waals surface area contributed by atoms with Crippen LogP contribution in [0.1, 0.15) is 42.9 Å². The Kier molecular flexibility index (Phi) is 6.05. The number of hydrogen-bond acceptors (Lipinski definition) is 4. The molecule has 25 heavy (non-hydrogen) atoms. The maximum Gasteiger partial charge on any atom is 0.251 e. The molecule has 0 bridgehead atoms. The second-order valence-electron chi connectivity index (χ2n) is 5.82. The van der Waals surface area contributed by atoms with E-state index < -0.39 is 0 Å². The van der Waals surface area contributed by atoms with E-state index in [1.54, 1.807) is 33.8 Å². The van der Waals surface area contributed by atoms with Gasteiger partial charge in [-0.1, -0.05) is 11.8 Å². The van der Waals surface area contributed by atoms with Crippen LogP contribution in [0.5, 0.6) is 0 Å². The van der Waals surface area contributed by atoms with E-state index in [1.165, 1.54) is 6.08 Å². The van der Waals surface area contributed by atoms with Crippen LogP contribution in [0.2, 0.25) is 0 Å². The molecule has 0 aliphatic carbocycles. The van der Waals surface area contributed by atoms with E-state index in [-0.39, 0.29) is 24.4 Å². The second kappa shape index (κ2) is 8.23. The summed E-state index contributed by atoms with van der Waals surface area (Å²) >= 11 is 0. The normalized spacial score (nSPS) is 10.6. The quantitative estimate of drug-likeness (QED) is 0.784. The highest BCUT2D eigenvalue weighted by molar-refractivity contribution is 6.01. The Morgan fingerprint density at radius 1 is 1.32 bits per heavy atom. The first-order valence-electron chi connectivity index (χ1n) is 8.19. The molecule has 7 heteroatoms. The van der Waals surface area contributed by atoms with E-state index in [1.807, 2.05) is 27.0 Å². The first kappa shape index (κ1) is 18.4. The Balaban J connectivity index is 2.23. The highest BCUT2D eigenvalue weighted by Gasteiger charge is 2.16. The minimum atomic E-state index is -0.246. The lowest BCUT2D eigenvalue weighted by atomic mass is 10.1. The molecular formula is C18H23N5O2. The highest BCUT2D eigenvalue weighted by atomic mass is 16.2. The summed E-state index contributed by atoms with van der Waals surface area (Å²) in [6.07, 6.45) is 3.07. The maximum atomic E-state index is 12.3. The number of anilines is 1. The molecule has 2 aromatic rings. The van der Waals surface area contributed by atoms with Crippen molar-refractivity contribution in [2.75, 3.05) is 11.4 Å². The van der Waals surface area contributed by atoms with Gasteiger partial charge in [-0.15, -0.1) is 5.10 Å². The zero-order valence-corrected chi connectivity index (χ0v) is 14.8. The van der Waals surface area contributed by atoms with Gasteiger partial charge in [0.1, 0.15) is 5.69 Å². The third-order valence-electron chi connectivity index (χ3n) is 3.63. The smallest absolute Gasteiger partial charge is 0.251 e. The number of nitrogens with one attached hydrogen (secondary N) is 1. The van der Waals surface area contributed by atoms with E-state index in [2.05, 4.69) is 22.2 Å². The number of benzene rings is 1. The number of carbonyl (C=O) groups is 2. The molecule has 1 aromatic heterocycles. The molecule has 7 nitrogen and oxygen atoms in total. The van der Waals surface area contributed by atoms with Crippen LogP contribution in [0.4, 0.5) is 5.69 Å². The number of amides is 2. The number of carbonyl (C=O) groups excluding carboxylic acids is 2. The van der Waals surface area contributed by atoms with Crippen molar-refractivity contribution in [3.05, 3.63) is 54.4 Å². The van der Waals surface area contributed by atoms with Crippen LogP contribution in [-0.4, -0.2) is 33.4 Å². The molecule has 0 atom stereocenters. The average molecular weight is 341 g/mol. The molecule has 0 aliphatic heterocycles. The van der Waals surface area contributed by atoms with Crippen LogP contribution >= 0.6 is 0 Å². The van der Waals surface area contributed by atoms with Crippen molar-refractivity contribution in [1.82, 2.24) is 20.3 Å². The zero-order valence-electron chi connectivity index (χ0n) is 14.8. The van der Waals surface area contributed by atoms with Crippen LogP contribution in [-0.2, 0) is 11.3 Å². The molecule has 0 unspecified atom stereocenters. The molecule has 0 radical (unpaired) electrons. The lowest BCUT2D eigenvalue weighted by Crippen LogP contribution is -2.29. The van der Waals surface area contributed by atoms with Crippen molar-refractivity contribution in [3.8, 4) is 0 Å². The Morgan fingerprint density at radius 3 is 2.52 bits per heavy atom. The molecule has 0 spiro atoms. The number of hydrogen-bond donors (Lipinski definition) is 1. The fourth-order valence-electron chi connectivity index (χ4n) is 2.26. The Labute approximate surface area is 147 Å². The van der Waals surface area contributed by atoms with Gasteiger partial charge < -0.3 is 10.2 Å². The first-order chi connectivity index (χ1) is 12.0. The van der Waals surface area contributed by atoms with Gasteiger partial charge in [0.25, 0.3) is 11.8 Å². The zero-order chi connectivity index (χ0) is 18.4. The molecule has 0 saturated carbocycles. The molecule has 0 saturated heterocycles. The van der Waals surface area contributed by atoms with Crippen molar-refractivity contribution in [3.63, 3.8) is 0 Å². The summed E-state index contributed by atoms with van der Waals surface area (Å²) in [5.74, 6) is -0.389. The molecule has 2 rings (SSSR count). The van der Waals surface area contributed by atoms with E-state index in [0.29, 0.717) is 23.5 Å². The lowest BCUT2D eigenvalue weighted by Gasteiger charge is -2.20. The van der Waals surface area contributed by atoms with Crippen molar-refractivity contribution in [2.24, 2.45) is 0 Å². The summed E-state index contributed by atoms with van der Waals surface area (Å²) in [4.78, 5) is 25.6. The minimum absolute atomic E-state index is 0.143. The van der Waals surface area contributed by atoms with Gasteiger partial charge in [-0.25, -0.2) is 4.68 Å². The molecule has 132 valence electrons. The number of rotatable bonds is 7. The third kappa shape index (κ3) is 4.53. The number of aromatic nitrogens is 3. The molecule has 1 aromatic carbocycles. The Hall–Kier alpha value is -2.96. The monoisotopic (exact) mass is 341 g/mol. The van der Waals surface area contributed by atoms with Crippen LogP contribution in [0.15, 0.2) is 43.1 Å². The topological polar surface area (TPSA) is 80.1 Å². The first-order valence-corrected chi connectivity index (χ1v) is 8.19. The summed E-state index contributed by atoms with van der Waals surface area (Å²) in [6.45, 7) is 10.3. The molecular weight excluding hydrogens is 318 g/mol. The summed E-state index contributed by atoms with van der Waals surface area (Å²) in [5.41, 5.74) is 1.89. The van der Waals surface area contributed by atoms with Crippen molar-refractivity contribution >= 4 is 17.5 Å². The fourth-order valence-corrected chi connectivity index (χ4v) is 2.26. The lowest BCUT2D eigenvalue weighted by molar-refractivity contribution is -0.114. The molecule has 2 amide bonds.